The molecule has 18 heavy (non-hydrogen) atoms. The van der Waals surface area contributed by atoms with Crippen molar-refractivity contribution >= 4 is 16.9 Å². The Bertz CT molecular complexity index is 281. The second-order valence-electron chi connectivity index (χ2n) is 5.54. The van der Waals surface area contributed by atoms with Crippen molar-refractivity contribution in [1.29, 1.82) is 0 Å². The number of hydrogen-bond acceptors (Lipinski definition) is 3. The van der Waals surface area contributed by atoms with Crippen LogP contribution in [0.25, 0.3) is 0 Å². The van der Waals surface area contributed by atoms with Gasteiger partial charge in [0.2, 0.25) is 0 Å². The molecule has 3 nitrogen and oxygen atoms in total. The van der Waals surface area contributed by atoms with Crippen LogP contribution in [0.3, 0.4) is 0 Å². The Labute approximate surface area is 116 Å². The van der Waals surface area contributed by atoms with E-state index in [1.54, 1.807) is 0 Å². The standard InChI is InChI=1S/C14H28N2OS/c1-6-14(5)8-9-18-13(16-14)15-12(11(3)4)10-17-7-2/h11-12H,6-10H2,1-5H3,(H,15,16). The van der Waals surface area contributed by atoms with Crippen molar-refractivity contribution in [2.45, 2.75) is 59.0 Å². The highest BCUT2D eigenvalue weighted by Crippen LogP contribution is 2.25. The molecular weight excluding hydrogens is 244 g/mol. The van der Waals surface area contributed by atoms with Crippen LogP contribution in [0.1, 0.15) is 47.5 Å². The summed E-state index contributed by atoms with van der Waals surface area (Å²) >= 11 is 1.84. The van der Waals surface area contributed by atoms with Crippen LogP contribution >= 0.6 is 11.8 Å². The largest absolute Gasteiger partial charge is 0.380 e. The molecule has 0 radical (unpaired) electrons. The molecule has 0 aliphatic carbocycles. The highest BCUT2D eigenvalue weighted by atomic mass is 32.2. The zero-order chi connectivity index (χ0) is 13.6. The Morgan fingerprint density at radius 1 is 1.44 bits per heavy atom. The molecule has 1 heterocycles. The molecule has 0 amide bonds. The van der Waals surface area contributed by atoms with E-state index < -0.39 is 0 Å². The molecule has 2 unspecified atom stereocenters. The molecule has 1 aliphatic heterocycles. The second kappa shape index (κ2) is 7.39. The Morgan fingerprint density at radius 3 is 2.72 bits per heavy atom. The summed E-state index contributed by atoms with van der Waals surface area (Å²) in [6.45, 7) is 12.5. The van der Waals surface area contributed by atoms with Gasteiger partial charge in [0.05, 0.1) is 12.6 Å². The van der Waals surface area contributed by atoms with Crippen molar-refractivity contribution in [3.05, 3.63) is 0 Å². The predicted molar refractivity (Wildman–Crippen MR) is 81.5 cm³/mol. The smallest absolute Gasteiger partial charge is 0.157 e. The molecule has 0 spiro atoms. The van der Waals surface area contributed by atoms with E-state index >= 15 is 0 Å². The Kier molecular flexibility index (Phi) is 6.50. The highest BCUT2D eigenvalue weighted by Gasteiger charge is 2.28. The van der Waals surface area contributed by atoms with Gasteiger partial charge in [-0.15, -0.1) is 0 Å². The number of amidine groups is 1. The van der Waals surface area contributed by atoms with Gasteiger partial charge in [-0.1, -0.05) is 32.5 Å². The molecule has 0 saturated carbocycles. The summed E-state index contributed by atoms with van der Waals surface area (Å²) in [7, 11) is 0. The average molecular weight is 272 g/mol. The van der Waals surface area contributed by atoms with Crippen molar-refractivity contribution in [3.63, 3.8) is 0 Å². The first-order valence-electron chi connectivity index (χ1n) is 7.07. The number of nitrogens with zero attached hydrogens (tertiary/aromatic N) is 1. The molecule has 0 aromatic heterocycles. The van der Waals surface area contributed by atoms with Crippen LogP contribution in [0.15, 0.2) is 4.99 Å². The summed E-state index contributed by atoms with van der Waals surface area (Å²) in [5.74, 6) is 1.68. The van der Waals surface area contributed by atoms with Crippen LogP contribution in [-0.2, 0) is 4.74 Å². The van der Waals surface area contributed by atoms with Gasteiger partial charge >= 0.3 is 0 Å². The van der Waals surface area contributed by atoms with Gasteiger partial charge in [-0.05, 0) is 32.6 Å². The zero-order valence-corrected chi connectivity index (χ0v) is 13.3. The monoisotopic (exact) mass is 272 g/mol. The molecular formula is C14H28N2OS. The minimum absolute atomic E-state index is 0.219. The first kappa shape index (κ1) is 15.8. The quantitative estimate of drug-likeness (QED) is 0.805. The first-order chi connectivity index (χ1) is 8.50. The predicted octanol–water partition coefficient (Wildman–Crippen LogP) is 3.30. The minimum atomic E-state index is 0.219. The van der Waals surface area contributed by atoms with E-state index in [1.165, 1.54) is 6.42 Å². The van der Waals surface area contributed by atoms with Gasteiger partial charge < -0.3 is 10.1 Å². The van der Waals surface area contributed by atoms with Crippen LogP contribution in [0, 0.1) is 5.92 Å². The Balaban J connectivity index is 2.66. The third kappa shape index (κ3) is 4.81. The molecule has 1 saturated heterocycles. The molecule has 1 N–H and O–H groups in total. The van der Waals surface area contributed by atoms with E-state index in [-0.39, 0.29) is 11.6 Å². The summed E-state index contributed by atoms with van der Waals surface area (Å²) in [5.41, 5.74) is 0.219. The fourth-order valence-corrected chi connectivity index (χ4v) is 3.11. The molecule has 1 rings (SSSR count). The van der Waals surface area contributed by atoms with E-state index in [2.05, 4.69) is 33.0 Å². The molecule has 2 atom stereocenters. The summed E-state index contributed by atoms with van der Waals surface area (Å²) in [6, 6.07) is 0.263. The van der Waals surface area contributed by atoms with Crippen molar-refractivity contribution in [1.82, 2.24) is 5.32 Å². The zero-order valence-electron chi connectivity index (χ0n) is 12.5. The van der Waals surface area contributed by atoms with E-state index in [0.29, 0.717) is 5.92 Å². The van der Waals surface area contributed by atoms with E-state index in [1.807, 2.05) is 18.7 Å². The summed E-state index contributed by atoms with van der Waals surface area (Å²) in [6.07, 6.45) is 2.36. The topological polar surface area (TPSA) is 33.6 Å². The van der Waals surface area contributed by atoms with Crippen LogP contribution in [0.5, 0.6) is 0 Å². The molecule has 0 aromatic carbocycles. The number of hydrogen-bond donors (Lipinski definition) is 1. The second-order valence-corrected chi connectivity index (χ2v) is 6.63. The van der Waals surface area contributed by atoms with Crippen molar-refractivity contribution in [2.75, 3.05) is 19.0 Å². The van der Waals surface area contributed by atoms with Gasteiger partial charge in [0, 0.05) is 17.9 Å². The van der Waals surface area contributed by atoms with Gasteiger partial charge in [-0.25, -0.2) is 0 Å². The molecule has 1 fully saturated rings. The molecule has 0 aromatic rings. The fourth-order valence-electron chi connectivity index (χ4n) is 1.83. The Hall–Kier alpha value is -0.220. The third-order valence-corrected chi connectivity index (χ3v) is 4.52. The molecule has 0 bridgehead atoms. The van der Waals surface area contributed by atoms with Crippen LogP contribution in [0.4, 0.5) is 0 Å². The minimum Gasteiger partial charge on any atom is -0.380 e. The van der Waals surface area contributed by atoms with E-state index in [4.69, 9.17) is 9.73 Å². The number of rotatable bonds is 6. The van der Waals surface area contributed by atoms with Crippen molar-refractivity contribution < 1.29 is 4.74 Å². The average Bonchev–Trinajstić information content (AvgIpc) is 2.34. The number of nitrogens with one attached hydrogen (secondary N) is 1. The van der Waals surface area contributed by atoms with Crippen LogP contribution in [0.2, 0.25) is 0 Å². The fraction of sp³-hybridized carbons (Fsp3) is 0.929. The summed E-state index contributed by atoms with van der Waals surface area (Å²) in [4.78, 5) is 4.86. The summed E-state index contributed by atoms with van der Waals surface area (Å²) in [5, 5.41) is 4.70. The lowest BCUT2D eigenvalue weighted by atomic mass is 9.96. The molecule has 4 heteroatoms. The first-order valence-corrected chi connectivity index (χ1v) is 8.06. The van der Waals surface area contributed by atoms with Gasteiger partial charge in [0.15, 0.2) is 5.17 Å². The van der Waals surface area contributed by atoms with Gasteiger partial charge in [-0.3, -0.25) is 4.99 Å². The van der Waals surface area contributed by atoms with Crippen molar-refractivity contribution in [3.8, 4) is 0 Å². The SMILES string of the molecule is CCOCC(N=C1NC(C)(CC)CCS1)C(C)C. The van der Waals surface area contributed by atoms with Crippen LogP contribution in [-0.4, -0.2) is 35.7 Å². The number of aliphatic imine (C=N–C) groups is 1. The Morgan fingerprint density at radius 2 is 2.17 bits per heavy atom. The maximum Gasteiger partial charge on any atom is 0.157 e. The number of ether oxygens (including phenoxy) is 1. The highest BCUT2D eigenvalue weighted by molar-refractivity contribution is 8.13. The van der Waals surface area contributed by atoms with E-state index in [9.17, 15) is 0 Å². The lowest BCUT2D eigenvalue weighted by Crippen LogP contribution is -2.48. The van der Waals surface area contributed by atoms with Gasteiger partial charge in [0.25, 0.3) is 0 Å². The molecule has 1 aliphatic rings. The maximum absolute atomic E-state index is 5.53. The number of thioether (sulfide) groups is 1. The van der Waals surface area contributed by atoms with Crippen molar-refractivity contribution in [2.24, 2.45) is 10.9 Å². The van der Waals surface area contributed by atoms with Gasteiger partial charge in [-0.2, -0.15) is 0 Å². The third-order valence-electron chi connectivity index (χ3n) is 3.63. The normalized spacial score (nSPS) is 28.4. The molecule has 106 valence electrons. The summed E-state index contributed by atoms with van der Waals surface area (Å²) < 4.78 is 5.53. The lowest BCUT2D eigenvalue weighted by molar-refractivity contribution is 0.122. The lowest BCUT2D eigenvalue weighted by Gasteiger charge is -2.35. The van der Waals surface area contributed by atoms with Crippen LogP contribution < -0.4 is 5.32 Å². The van der Waals surface area contributed by atoms with Gasteiger partial charge in [0.1, 0.15) is 0 Å². The van der Waals surface area contributed by atoms with E-state index in [0.717, 1.165) is 30.6 Å². The maximum atomic E-state index is 5.53.